The highest BCUT2D eigenvalue weighted by atomic mass is 79.9. The second-order valence-corrected chi connectivity index (χ2v) is 4.72. The highest BCUT2D eigenvalue weighted by Gasteiger charge is 2.29. The molecule has 0 aliphatic rings. The molecule has 5 nitrogen and oxygen atoms in total. The molecule has 0 saturated carbocycles. The van der Waals surface area contributed by atoms with Crippen LogP contribution in [-0.2, 0) is 11.3 Å². The number of nitrogens with zero attached hydrogens (tertiary/aromatic N) is 2. The molecule has 0 aliphatic heterocycles. The number of hydrogen-bond acceptors (Lipinski definition) is 4. The van der Waals surface area contributed by atoms with Gasteiger partial charge in [0.1, 0.15) is 11.0 Å². The average Bonchev–Trinajstić information content (AvgIpc) is 2.36. The zero-order valence-corrected chi connectivity index (χ0v) is 12.4. The van der Waals surface area contributed by atoms with E-state index in [-0.39, 0.29) is 4.47 Å². The standard InChI is InChI=1S/C11H15BrF3N3O2/c1-2-20-5-3-4-16-8-6-17-18(7-11(13,14)15)10(19)9(8)12/h6,16H,2-5,7H2,1H3. The number of hydrogen-bond donors (Lipinski definition) is 1. The van der Waals surface area contributed by atoms with Gasteiger partial charge in [0.2, 0.25) is 0 Å². The zero-order valence-electron chi connectivity index (χ0n) is 10.8. The molecule has 0 radical (unpaired) electrons. The van der Waals surface area contributed by atoms with Crippen LogP contribution in [0.1, 0.15) is 13.3 Å². The Labute approximate surface area is 122 Å². The Balaban J connectivity index is 2.67. The Kier molecular flexibility index (Phi) is 6.47. The third-order valence-corrected chi connectivity index (χ3v) is 3.07. The number of nitrogens with one attached hydrogen (secondary N) is 1. The van der Waals surface area contributed by atoms with Gasteiger partial charge in [0.25, 0.3) is 5.56 Å². The van der Waals surface area contributed by atoms with Crippen molar-refractivity contribution in [3.8, 4) is 0 Å². The SMILES string of the molecule is CCOCCCNc1cnn(CC(F)(F)F)c(=O)c1Br. The molecule has 9 heteroatoms. The number of halogens is 4. The average molecular weight is 358 g/mol. The van der Waals surface area contributed by atoms with Gasteiger partial charge in [-0.1, -0.05) is 0 Å². The largest absolute Gasteiger partial charge is 0.408 e. The summed E-state index contributed by atoms with van der Waals surface area (Å²) in [5, 5.41) is 6.42. The van der Waals surface area contributed by atoms with Gasteiger partial charge in [-0.15, -0.1) is 0 Å². The van der Waals surface area contributed by atoms with Crippen LogP contribution in [0.5, 0.6) is 0 Å². The van der Waals surface area contributed by atoms with Gasteiger partial charge < -0.3 is 10.1 Å². The third kappa shape index (κ3) is 5.49. The maximum atomic E-state index is 12.2. The fourth-order valence-corrected chi connectivity index (χ4v) is 1.86. The molecule has 0 aromatic carbocycles. The zero-order chi connectivity index (χ0) is 15.2. The normalized spacial score (nSPS) is 11.7. The molecule has 0 saturated heterocycles. The molecule has 1 rings (SSSR count). The number of rotatable bonds is 7. The van der Waals surface area contributed by atoms with Crippen molar-refractivity contribution in [3.05, 3.63) is 21.0 Å². The molecule has 1 aromatic heterocycles. The van der Waals surface area contributed by atoms with Gasteiger partial charge in [0.05, 0.1) is 11.9 Å². The van der Waals surface area contributed by atoms with Crippen LogP contribution < -0.4 is 10.9 Å². The summed E-state index contributed by atoms with van der Waals surface area (Å²) < 4.78 is 42.2. The molecule has 0 fully saturated rings. The van der Waals surface area contributed by atoms with Gasteiger partial charge in [-0.25, -0.2) is 4.68 Å². The number of aromatic nitrogens is 2. The summed E-state index contributed by atoms with van der Waals surface area (Å²) in [5.41, 5.74) is -0.456. The van der Waals surface area contributed by atoms with Crippen LogP contribution in [0.15, 0.2) is 15.5 Å². The van der Waals surface area contributed by atoms with E-state index >= 15 is 0 Å². The summed E-state index contributed by atoms with van der Waals surface area (Å²) in [6.45, 7) is 2.20. The van der Waals surface area contributed by atoms with Gasteiger partial charge in [-0.2, -0.15) is 18.3 Å². The monoisotopic (exact) mass is 357 g/mol. The molecule has 0 atom stereocenters. The fraction of sp³-hybridized carbons (Fsp3) is 0.636. The van der Waals surface area contributed by atoms with Crippen molar-refractivity contribution in [2.75, 3.05) is 25.1 Å². The first-order valence-electron chi connectivity index (χ1n) is 5.99. The highest BCUT2D eigenvalue weighted by molar-refractivity contribution is 9.10. The molecule has 114 valence electrons. The molecule has 0 spiro atoms. The lowest BCUT2D eigenvalue weighted by molar-refractivity contribution is -0.143. The maximum absolute atomic E-state index is 12.2. The van der Waals surface area contributed by atoms with Crippen LogP contribution in [0.4, 0.5) is 18.9 Å². The molecule has 0 amide bonds. The number of alkyl halides is 3. The molecular formula is C11H15BrF3N3O2. The van der Waals surface area contributed by atoms with Crippen molar-refractivity contribution >= 4 is 21.6 Å². The fourth-order valence-electron chi connectivity index (χ4n) is 1.41. The van der Waals surface area contributed by atoms with Crippen molar-refractivity contribution in [2.45, 2.75) is 26.1 Å². The van der Waals surface area contributed by atoms with E-state index in [1.807, 2.05) is 6.92 Å². The second-order valence-electron chi connectivity index (χ2n) is 3.93. The van der Waals surface area contributed by atoms with E-state index < -0.39 is 18.3 Å². The summed E-state index contributed by atoms with van der Waals surface area (Å²) >= 11 is 2.99. The molecule has 0 aliphatic carbocycles. The third-order valence-electron chi connectivity index (χ3n) is 2.30. The molecular weight excluding hydrogens is 343 g/mol. The van der Waals surface area contributed by atoms with Crippen molar-refractivity contribution in [2.24, 2.45) is 0 Å². The predicted octanol–water partition coefficient (Wildman–Crippen LogP) is 2.41. The van der Waals surface area contributed by atoms with Crippen molar-refractivity contribution in [1.82, 2.24) is 9.78 Å². The quantitative estimate of drug-likeness (QED) is 0.761. The van der Waals surface area contributed by atoms with Crippen molar-refractivity contribution in [1.29, 1.82) is 0 Å². The first kappa shape index (κ1) is 17.0. The Morgan fingerprint density at radius 3 is 2.80 bits per heavy atom. The Hall–Kier alpha value is -1.09. The summed E-state index contributed by atoms with van der Waals surface area (Å²) in [5.74, 6) is 0. The molecule has 20 heavy (non-hydrogen) atoms. The van der Waals surface area contributed by atoms with E-state index in [0.717, 1.165) is 0 Å². The lowest BCUT2D eigenvalue weighted by atomic mass is 10.4. The smallest absolute Gasteiger partial charge is 0.383 e. The topological polar surface area (TPSA) is 56.1 Å². The highest BCUT2D eigenvalue weighted by Crippen LogP contribution is 2.19. The summed E-state index contributed by atoms with van der Waals surface area (Å²) in [6, 6.07) is 0. The minimum Gasteiger partial charge on any atom is -0.383 e. The van der Waals surface area contributed by atoms with Crippen LogP contribution in [0.2, 0.25) is 0 Å². The van der Waals surface area contributed by atoms with Gasteiger partial charge in [0.15, 0.2) is 0 Å². The van der Waals surface area contributed by atoms with Gasteiger partial charge in [-0.05, 0) is 29.3 Å². The Morgan fingerprint density at radius 2 is 2.20 bits per heavy atom. The number of ether oxygens (including phenoxy) is 1. The maximum Gasteiger partial charge on any atom is 0.408 e. The summed E-state index contributed by atoms with van der Waals surface area (Å²) in [7, 11) is 0. The first-order valence-corrected chi connectivity index (χ1v) is 6.78. The minimum absolute atomic E-state index is 0.0353. The van der Waals surface area contributed by atoms with Crippen LogP contribution in [0, 0.1) is 0 Å². The lowest BCUT2D eigenvalue weighted by Crippen LogP contribution is -2.31. The molecule has 1 N–H and O–H groups in total. The molecule has 1 aromatic rings. The molecule has 0 unspecified atom stereocenters. The van der Waals surface area contributed by atoms with Crippen molar-refractivity contribution in [3.63, 3.8) is 0 Å². The second kappa shape index (κ2) is 7.63. The molecule has 1 heterocycles. The van der Waals surface area contributed by atoms with Crippen LogP contribution in [0.3, 0.4) is 0 Å². The Bertz CT molecular complexity index is 491. The van der Waals surface area contributed by atoms with E-state index in [2.05, 4.69) is 26.3 Å². The Morgan fingerprint density at radius 1 is 1.50 bits per heavy atom. The lowest BCUT2D eigenvalue weighted by Gasteiger charge is -2.11. The van der Waals surface area contributed by atoms with Crippen molar-refractivity contribution < 1.29 is 17.9 Å². The van der Waals surface area contributed by atoms with Crippen LogP contribution in [0.25, 0.3) is 0 Å². The minimum atomic E-state index is -4.48. The van der Waals surface area contributed by atoms with E-state index in [1.54, 1.807) is 0 Å². The van der Waals surface area contributed by atoms with Gasteiger partial charge in [0, 0.05) is 19.8 Å². The van der Waals surface area contributed by atoms with Crippen LogP contribution in [-0.4, -0.2) is 35.7 Å². The number of anilines is 1. The summed E-state index contributed by atoms with van der Waals surface area (Å²) in [4.78, 5) is 11.7. The van der Waals surface area contributed by atoms with E-state index in [0.29, 0.717) is 36.5 Å². The van der Waals surface area contributed by atoms with Crippen LogP contribution >= 0.6 is 15.9 Å². The van der Waals surface area contributed by atoms with E-state index in [9.17, 15) is 18.0 Å². The van der Waals surface area contributed by atoms with E-state index in [1.165, 1.54) is 6.20 Å². The van der Waals surface area contributed by atoms with E-state index in [4.69, 9.17) is 4.74 Å². The first-order chi connectivity index (χ1) is 9.35. The predicted molar refractivity (Wildman–Crippen MR) is 71.9 cm³/mol. The summed E-state index contributed by atoms with van der Waals surface area (Å²) in [6.07, 6.45) is -2.58. The van der Waals surface area contributed by atoms with Gasteiger partial charge >= 0.3 is 6.18 Å². The molecule has 0 bridgehead atoms. The van der Waals surface area contributed by atoms with Gasteiger partial charge in [-0.3, -0.25) is 4.79 Å².